The van der Waals surface area contributed by atoms with Gasteiger partial charge in [-0.3, -0.25) is 0 Å². The molecule has 1 N–H and O–H groups in total. The van der Waals surface area contributed by atoms with Gasteiger partial charge in [0.1, 0.15) is 11.9 Å². The van der Waals surface area contributed by atoms with Crippen LogP contribution < -0.4 is 10.4 Å². The summed E-state index contributed by atoms with van der Waals surface area (Å²) < 4.78 is 5.68. The summed E-state index contributed by atoms with van der Waals surface area (Å²) in [4.78, 5) is 0. The monoisotopic (exact) mass is 238 g/mol. The molecule has 0 saturated carbocycles. The molecule has 90 valence electrons. The van der Waals surface area contributed by atoms with Crippen molar-refractivity contribution in [3.8, 4) is 0 Å². The zero-order valence-electron chi connectivity index (χ0n) is 9.97. The molecule has 3 rings (SSSR count). The number of rotatable bonds is 2. The van der Waals surface area contributed by atoms with E-state index in [1.54, 1.807) is 12.3 Å². The highest BCUT2D eigenvalue weighted by Gasteiger charge is 2.24. The zero-order chi connectivity index (χ0) is 12.5. The molecule has 1 aromatic rings. The van der Waals surface area contributed by atoms with Crippen molar-refractivity contribution in [1.29, 1.82) is 0 Å². The number of aliphatic hydroxyl groups is 1. The molecule has 1 heterocycles. The van der Waals surface area contributed by atoms with Crippen LogP contribution >= 0.6 is 0 Å². The molecule has 1 unspecified atom stereocenters. The van der Waals surface area contributed by atoms with E-state index in [1.165, 1.54) is 0 Å². The van der Waals surface area contributed by atoms with Gasteiger partial charge in [-0.25, -0.2) is 0 Å². The number of aliphatic hydroxyl groups excluding tert-OH is 1. The van der Waals surface area contributed by atoms with Gasteiger partial charge in [-0.1, -0.05) is 30.3 Å². The lowest BCUT2D eigenvalue weighted by atomic mass is 9.92. The van der Waals surface area contributed by atoms with Crippen LogP contribution in [0.1, 0.15) is 6.42 Å². The van der Waals surface area contributed by atoms with Gasteiger partial charge in [0, 0.05) is 10.8 Å². The molecular weight excluding hydrogens is 224 g/mol. The molecule has 1 aliphatic heterocycles. The third-order valence-corrected chi connectivity index (χ3v) is 3.22. The fourth-order valence-electron chi connectivity index (χ4n) is 2.41. The van der Waals surface area contributed by atoms with Crippen LogP contribution in [-0.2, 0) is 4.74 Å². The first-order valence-corrected chi connectivity index (χ1v) is 5.97. The lowest BCUT2D eigenvalue weighted by molar-refractivity contribution is 0.263. The van der Waals surface area contributed by atoms with Gasteiger partial charge in [0.2, 0.25) is 0 Å². The number of hydrogen-bond donors (Lipinski definition) is 1. The largest absolute Gasteiger partial charge is 0.507 e. The van der Waals surface area contributed by atoms with E-state index in [0.717, 1.165) is 28.0 Å². The molecule has 1 aliphatic carbocycles. The Kier molecular flexibility index (Phi) is 2.56. The van der Waals surface area contributed by atoms with E-state index in [4.69, 9.17) is 4.74 Å². The highest BCUT2D eigenvalue weighted by Crippen LogP contribution is 2.27. The Balaban J connectivity index is 2.21. The molecule has 1 atom stereocenters. The summed E-state index contributed by atoms with van der Waals surface area (Å²) in [5.74, 6) is 0.292. The standard InChI is InChI=1S/C16H14O2/c1-2-5-11-8-14(17)16-13-7-4-3-6-12(13)10-18-15(16)9-11/h2-4,6-10,15,17H,1,5H2. The van der Waals surface area contributed by atoms with Gasteiger partial charge in [0.15, 0.2) is 0 Å². The Labute approximate surface area is 106 Å². The molecule has 1 aromatic carbocycles. The summed E-state index contributed by atoms with van der Waals surface area (Å²) in [5, 5.41) is 12.2. The SMILES string of the molecule is C=CCC1=CC2OC=c3ccccc3=C2C(O)=C1. The summed E-state index contributed by atoms with van der Waals surface area (Å²) >= 11 is 0. The van der Waals surface area contributed by atoms with E-state index in [9.17, 15) is 5.11 Å². The minimum Gasteiger partial charge on any atom is -0.507 e. The van der Waals surface area contributed by atoms with Crippen molar-refractivity contribution in [1.82, 2.24) is 0 Å². The quantitative estimate of drug-likeness (QED) is 0.798. The molecule has 2 nitrogen and oxygen atoms in total. The minimum atomic E-state index is -0.195. The van der Waals surface area contributed by atoms with Crippen molar-refractivity contribution >= 4 is 11.8 Å². The molecule has 2 heteroatoms. The second kappa shape index (κ2) is 4.22. The smallest absolute Gasteiger partial charge is 0.146 e. The van der Waals surface area contributed by atoms with E-state index >= 15 is 0 Å². The fourth-order valence-corrected chi connectivity index (χ4v) is 2.41. The Morgan fingerprint density at radius 1 is 1.33 bits per heavy atom. The molecular formula is C16H14O2. The first-order valence-electron chi connectivity index (χ1n) is 5.97. The number of benzene rings is 1. The van der Waals surface area contributed by atoms with Crippen molar-refractivity contribution < 1.29 is 9.84 Å². The average molecular weight is 238 g/mol. The van der Waals surface area contributed by atoms with E-state index in [1.807, 2.05) is 36.4 Å². The summed E-state index contributed by atoms with van der Waals surface area (Å²) in [6.45, 7) is 3.71. The Morgan fingerprint density at radius 3 is 3.00 bits per heavy atom. The van der Waals surface area contributed by atoms with Crippen molar-refractivity contribution in [2.24, 2.45) is 0 Å². The van der Waals surface area contributed by atoms with E-state index < -0.39 is 0 Å². The van der Waals surface area contributed by atoms with Gasteiger partial charge in [-0.05, 0) is 29.4 Å². The molecule has 0 saturated heterocycles. The third kappa shape index (κ3) is 1.66. The lowest BCUT2D eigenvalue weighted by Gasteiger charge is -2.24. The van der Waals surface area contributed by atoms with Gasteiger partial charge >= 0.3 is 0 Å². The molecule has 0 bridgehead atoms. The van der Waals surface area contributed by atoms with E-state index in [2.05, 4.69) is 6.58 Å². The van der Waals surface area contributed by atoms with E-state index in [0.29, 0.717) is 5.76 Å². The minimum absolute atomic E-state index is 0.195. The highest BCUT2D eigenvalue weighted by molar-refractivity contribution is 5.72. The number of allylic oxidation sites excluding steroid dienone is 3. The zero-order valence-corrected chi connectivity index (χ0v) is 9.97. The maximum Gasteiger partial charge on any atom is 0.146 e. The van der Waals surface area contributed by atoms with E-state index in [-0.39, 0.29) is 6.10 Å². The van der Waals surface area contributed by atoms with Crippen LogP contribution in [0.2, 0.25) is 0 Å². The predicted octanol–water partition coefficient (Wildman–Crippen LogP) is 1.93. The van der Waals surface area contributed by atoms with Crippen LogP contribution in [0.5, 0.6) is 0 Å². The van der Waals surface area contributed by atoms with Crippen LogP contribution in [-0.4, -0.2) is 11.2 Å². The summed E-state index contributed by atoms with van der Waals surface area (Å²) in [5.41, 5.74) is 1.88. The van der Waals surface area contributed by atoms with Gasteiger partial charge in [0.25, 0.3) is 0 Å². The number of hydrogen-bond acceptors (Lipinski definition) is 2. The first-order chi connectivity index (χ1) is 8.79. The van der Waals surface area contributed by atoms with Crippen LogP contribution in [0, 0.1) is 0 Å². The fraction of sp³-hybridized carbons (Fsp3) is 0.125. The Morgan fingerprint density at radius 2 is 2.17 bits per heavy atom. The van der Waals surface area contributed by atoms with Crippen LogP contribution in [0.4, 0.5) is 0 Å². The topological polar surface area (TPSA) is 29.5 Å². The molecule has 0 aromatic heterocycles. The van der Waals surface area contributed by atoms with Gasteiger partial charge in [-0.2, -0.15) is 0 Å². The summed E-state index contributed by atoms with van der Waals surface area (Å²) in [6, 6.07) is 7.92. The molecule has 2 aliphatic rings. The number of ether oxygens (including phenoxy) is 1. The van der Waals surface area contributed by atoms with Crippen LogP contribution in [0.15, 0.2) is 60.4 Å². The van der Waals surface area contributed by atoms with Crippen molar-refractivity contribution in [3.63, 3.8) is 0 Å². The van der Waals surface area contributed by atoms with Crippen LogP contribution in [0.25, 0.3) is 11.8 Å². The predicted molar refractivity (Wildman–Crippen MR) is 72.0 cm³/mol. The molecule has 0 radical (unpaired) electrons. The van der Waals surface area contributed by atoms with Crippen molar-refractivity contribution in [2.45, 2.75) is 12.5 Å². The molecule has 0 amide bonds. The number of fused-ring (bicyclic) bond motifs is 2. The average Bonchev–Trinajstić information content (AvgIpc) is 2.38. The Bertz CT molecular complexity index is 677. The summed E-state index contributed by atoms with van der Waals surface area (Å²) in [6.07, 6.45) is 7.94. The van der Waals surface area contributed by atoms with Gasteiger partial charge in [0.05, 0.1) is 6.26 Å². The Hall–Kier alpha value is -2.22. The third-order valence-electron chi connectivity index (χ3n) is 3.22. The van der Waals surface area contributed by atoms with Gasteiger partial charge < -0.3 is 9.84 Å². The maximum absolute atomic E-state index is 10.2. The van der Waals surface area contributed by atoms with Gasteiger partial charge in [-0.15, -0.1) is 6.58 Å². The molecule has 18 heavy (non-hydrogen) atoms. The highest BCUT2D eigenvalue weighted by atomic mass is 16.5. The normalized spacial score (nSPS) is 20.7. The second-order valence-electron chi connectivity index (χ2n) is 4.44. The summed E-state index contributed by atoms with van der Waals surface area (Å²) in [7, 11) is 0. The van der Waals surface area contributed by atoms with Crippen molar-refractivity contribution in [3.05, 3.63) is 70.8 Å². The maximum atomic E-state index is 10.2. The molecule has 0 spiro atoms. The lowest BCUT2D eigenvalue weighted by Crippen LogP contribution is -2.36. The van der Waals surface area contributed by atoms with Crippen molar-refractivity contribution in [2.75, 3.05) is 0 Å². The molecule has 0 fully saturated rings. The second-order valence-corrected chi connectivity index (χ2v) is 4.44. The van der Waals surface area contributed by atoms with Crippen LogP contribution in [0.3, 0.4) is 0 Å². The first kappa shape index (κ1) is 10.9.